The van der Waals surface area contributed by atoms with Crippen molar-refractivity contribution >= 4 is 5.97 Å². The van der Waals surface area contributed by atoms with E-state index in [-0.39, 0.29) is 22.7 Å². The van der Waals surface area contributed by atoms with Gasteiger partial charge in [0.2, 0.25) is 0 Å². The highest BCUT2D eigenvalue weighted by atomic mass is 19.1. The van der Waals surface area contributed by atoms with Gasteiger partial charge in [-0.2, -0.15) is 4.98 Å². The predicted octanol–water partition coefficient (Wildman–Crippen LogP) is 2.79. The molecule has 6 heteroatoms. The summed E-state index contributed by atoms with van der Waals surface area (Å²) in [6, 6.07) is 0. The highest BCUT2D eigenvalue weighted by Gasteiger charge is 2.56. The Balaban J connectivity index is 1.58. The van der Waals surface area contributed by atoms with E-state index in [1.165, 1.54) is 7.11 Å². The van der Waals surface area contributed by atoms with Gasteiger partial charge in [0, 0.05) is 5.41 Å². The van der Waals surface area contributed by atoms with Crippen LogP contribution in [0, 0.1) is 5.41 Å². The summed E-state index contributed by atoms with van der Waals surface area (Å²) in [5.74, 6) is 0.687. The van der Waals surface area contributed by atoms with Gasteiger partial charge in [0.25, 0.3) is 5.89 Å². The smallest absolute Gasteiger partial charge is 0.311 e. The normalized spacial score (nSPS) is 36.5. The molecule has 5 nitrogen and oxygen atoms in total. The van der Waals surface area contributed by atoms with Crippen molar-refractivity contribution in [3.63, 3.8) is 0 Å². The molecule has 0 aliphatic heterocycles. The minimum absolute atomic E-state index is 0.0923. The van der Waals surface area contributed by atoms with Gasteiger partial charge in [-0.15, -0.1) is 0 Å². The lowest BCUT2D eigenvalue weighted by Gasteiger charge is -2.50. The van der Waals surface area contributed by atoms with Gasteiger partial charge in [-0.3, -0.25) is 4.79 Å². The monoisotopic (exact) mass is 294 g/mol. The molecule has 1 aromatic rings. The molecule has 0 saturated heterocycles. The van der Waals surface area contributed by atoms with Crippen LogP contribution in [0.5, 0.6) is 0 Å². The van der Waals surface area contributed by atoms with Gasteiger partial charge in [0.1, 0.15) is 0 Å². The molecule has 21 heavy (non-hydrogen) atoms. The fourth-order valence-corrected chi connectivity index (χ4v) is 3.99. The number of rotatable bonds is 3. The molecule has 4 fully saturated rings. The summed E-state index contributed by atoms with van der Waals surface area (Å²) >= 11 is 0. The highest BCUT2D eigenvalue weighted by molar-refractivity contribution is 5.77. The number of hydrogen-bond acceptors (Lipinski definition) is 5. The Morgan fingerprint density at radius 3 is 2.29 bits per heavy atom. The van der Waals surface area contributed by atoms with E-state index in [9.17, 15) is 9.18 Å². The SMILES string of the molecule is COC(=O)C12CCC(c3noc(C4(F)CC4)n3)(CC1)CC2. The number of nitrogens with zero attached hydrogens (tertiary/aromatic N) is 2. The molecular formula is C15H19FN2O3. The van der Waals surface area contributed by atoms with E-state index in [0.717, 1.165) is 38.5 Å². The van der Waals surface area contributed by atoms with E-state index in [2.05, 4.69) is 10.1 Å². The molecule has 0 N–H and O–H groups in total. The molecular weight excluding hydrogens is 275 g/mol. The van der Waals surface area contributed by atoms with Crippen molar-refractivity contribution in [3.05, 3.63) is 11.7 Å². The van der Waals surface area contributed by atoms with Crippen LogP contribution in [-0.4, -0.2) is 23.2 Å². The van der Waals surface area contributed by atoms with Crippen LogP contribution in [0.3, 0.4) is 0 Å². The Bertz CT molecular complexity index is 569. The predicted molar refractivity (Wildman–Crippen MR) is 70.1 cm³/mol. The molecule has 0 atom stereocenters. The van der Waals surface area contributed by atoms with Gasteiger partial charge in [0.05, 0.1) is 12.5 Å². The standard InChI is InChI=1S/C15H19FN2O3/c1-20-12(19)14-5-2-13(3-6-14,4-7-14)10-17-11(21-18-10)15(16)8-9-15/h2-9H2,1H3. The quantitative estimate of drug-likeness (QED) is 0.802. The van der Waals surface area contributed by atoms with E-state index in [1.54, 1.807) is 0 Å². The van der Waals surface area contributed by atoms with Gasteiger partial charge in [-0.25, -0.2) is 4.39 Å². The Labute approximate surface area is 122 Å². The molecule has 114 valence electrons. The number of methoxy groups -OCH3 is 1. The third kappa shape index (κ3) is 1.77. The van der Waals surface area contributed by atoms with Crippen LogP contribution < -0.4 is 0 Å². The van der Waals surface area contributed by atoms with Gasteiger partial charge in [0.15, 0.2) is 11.5 Å². The van der Waals surface area contributed by atoms with Crippen LogP contribution >= 0.6 is 0 Å². The van der Waals surface area contributed by atoms with Crippen molar-refractivity contribution in [1.29, 1.82) is 0 Å². The zero-order valence-electron chi connectivity index (χ0n) is 12.2. The number of hydrogen-bond donors (Lipinski definition) is 0. The molecule has 0 spiro atoms. The molecule has 0 unspecified atom stereocenters. The van der Waals surface area contributed by atoms with Crippen molar-refractivity contribution in [2.24, 2.45) is 5.41 Å². The molecule has 2 bridgehead atoms. The minimum atomic E-state index is -1.37. The van der Waals surface area contributed by atoms with Crippen LogP contribution in [0.2, 0.25) is 0 Å². The Morgan fingerprint density at radius 1 is 1.14 bits per heavy atom. The summed E-state index contributed by atoms with van der Waals surface area (Å²) < 4.78 is 24.1. The molecule has 4 aliphatic carbocycles. The Morgan fingerprint density at radius 2 is 1.76 bits per heavy atom. The number of aromatic nitrogens is 2. The number of alkyl halides is 1. The van der Waals surface area contributed by atoms with Crippen LogP contribution in [0.4, 0.5) is 4.39 Å². The van der Waals surface area contributed by atoms with Crippen molar-refractivity contribution in [3.8, 4) is 0 Å². The van der Waals surface area contributed by atoms with Gasteiger partial charge in [-0.05, 0) is 51.4 Å². The zero-order chi connectivity index (χ0) is 14.7. The molecule has 4 aliphatic rings. The lowest BCUT2D eigenvalue weighted by atomic mass is 9.53. The maximum absolute atomic E-state index is 14.0. The Kier molecular flexibility index (Phi) is 2.55. The van der Waals surface area contributed by atoms with Crippen LogP contribution in [0.25, 0.3) is 0 Å². The molecule has 4 saturated carbocycles. The average Bonchev–Trinajstić information content (AvgIpc) is 3.08. The molecule has 1 heterocycles. The lowest BCUT2D eigenvalue weighted by Crippen LogP contribution is -2.48. The fraction of sp³-hybridized carbons (Fsp3) is 0.800. The largest absolute Gasteiger partial charge is 0.469 e. The summed E-state index contributed by atoms with van der Waals surface area (Å²) in [5, 5.41) is 4.06. The van der Waals surface area contributed by atoms with Gasteiger partial charge < -0.3 is 9.26 Å². The van der Waals surface area contributed by atoms with Gasteiger partial charge in [-0.1, -0.05) is 5.16 Å². The summed E-state index contributed by atoms with van der Waals surface area (Å²) in [7, 11) is 1.45. The third-order valence-corrected chi connectivity index (χ3v) is 5.84. The topological polar surface area (TPSA) is 65.2 Å². The van der Waals surface area contributed by atoms with Crippen molar-refractivity contribution in [2.75, 3.05) is 7.11 Å². The molecule has 0 amide bonds. The average molecular weight is 294 g/mol. The second kappa shape index (κ2) is 4.05. The van der Waals surface area contributed by atoms with Crippen LogP contribution in [0.15, 0.2) is 4.52 Å². The first-order valence-corrected chi connectivity index (χ1v) is 7.64. The second-order valence-electron chi connectivity index (χ2n) is 6.94. The van der Waals surface area contributed by atoms with E-state index in [1.807, 2.05) is 0 Å². The van der Waals surface area contributed by atoms with Crippen LogP contribution in [-0.2, 0) is 20.6 Å². The number of carbonyl (C=O) groups excluding carboxylic acids is 1. The number of fused-ring (bicyclic) bond motifs is 3. The first-order valence-electron chi connectivity index (χ1n) is 7.64. The fourth-order valence-electron chi connectivity index (χ4n) is 3.99. The number of esters is 1. The molecule has 1 aromatic heterocycles. The van der Waals surface area contributed by atoms with E-state index < -0.39 is 5.67 Å². The van der Waals surface area contributed by atoms with Crippen molar-refractivity contribution in [1.82, 2.24) is 10.1 Å². The Hall–Kier alpha value is -1.46. The number of halogens is 1. The number of ether oxygens (including phenoxy) is 1. The summed E-state index contributed by atoms with van der Waals surface area (Å²) in [5.41, 5.74) is -1.83. The summed E-state index contributed by atoms with van der Waals surface area (Å²) in [6.45, 7) is 0. The molecule has 0 radical (unpaired) electrons. The van der Waals surface area contributed by atoms with Crippen molar-refractivity contribution in [2.45, 2.75) is 62.5 Å². The van der Waals surface area contributed by atoms with Gasteiger partial charge >= 0.3 is 5.97 Å². The van der Waals surface area contributed by atoms with Crippen LogP contribution in [0.1, 0.15) is 63.1 Å². The first-order chi connectivity index (χ1) is 10.0. The van der Waals surface area contributed by atoms with E-state index in [4.69, 9.17) is 9.26 Å². The molecule has 0 aromatic carbocycles. The van der Waals surface area contributed by atoms with Crippen molar-refractivity contribution < 1.29 is 18.4 Å². The van der Waals surface area contributed by atoms with E-state index in [0.29, 0.717) is 18.7 Å². The maximum atomic E-state index is 14.0. The minimum Gasteiger partial charge on any atom is -0.469 e. The molecule has 5 rings (SSSR count). The zero-order valence-corrected chi connectivity index (χ0v) is 12.2. The number of carbonyl (C=O) groups is 1. The second-order valence-corrected chi connectivity index (χ2v) is 6.94. The highest BCUT2D eigenvalue weighted by Crippen LogP contribution is 2.58. The lowest BCUT2D eigenvalue weighted by molar-refractivity contribution is -0.160. The first kappa shape index (κ1) is 13.2. The maximum Gasteiger partial charge on any atom is 0.311 e. The van der Waals surface area contributed by atoms with E-state index >= 15 is 0 Å². The summed E-state index contributed by atoms with van der Waals surface area (Å²) in [4.78, 5) is 16.4. The third-order valence-electron chi connectivity index (χ3n) is 5.84. The summed E-state index contributed by atoms with van der Waals surface area (Å²) in [6.07, 6.45) is 5.89.